The summed E-state index contributed by atoms with van der Waals surface area (Å²) >= 11 is 0. The van der Waals surface area contributed by atoms with Crippen molar-refractivity contribution >= 4 is 0 Å². The molecule has 3 rings (SSSR count). The van der Waals surface area contributed by atoms with Crippen LogP contribution in [-0.4, -0.2) is 24.0 Å². The molecule has 0 aliphatic carbocycles. The standard InChI is InChI=1S/C20H26N2/c21-15-14-19-13-7-8-16-22(19)20(17-9-3-1-4-10-17)18-11-5-2-6-12-18/h1-6,9-12,19-20H,7-8,13-16,21H2. The van der Waals surface area contributed by atoms with E-state index >= 15 is 0 Å². The Balaban J connectivity index is 1.97. The van der Waals surface area contributed by atoms with Crippen LogP contribution in [0, 0.1) is 0 Å². The second-order valence-electron chi connectivity index (χ2n) is 6.19. The van der Waals surface area contributed by atoms with Gasteiger partial charge >= 0.3 is 0 Å². The highest BCUT2D eigenvalue weighted by Crippen LogP contribution is 2.34. The number of piperidine rings is 1. The summed E-state index contributed by atoms with van der Waals surface area (Å²) in [7, 11) is 0. The molecule has 2 nitrogen and oxygen atoms in total. The summed E-state index contributed by atoms with van der Waals surface area (Å²) in [5.74, 6) is 0. The molecule has 0 saturated carbocycles. The molecule has 0 radical (unpaired) electrons. The largest absolute Gasteiger partial charge is 0.330 e. The first-order chi connectivity index (χ1) is 10.9. The summed E-state index contributed by atoms with van der Waals surface area (Å²) in [5, 5.41) is 0. The predicted molar refractivity (Wildman–Crippen MR) is 92.7 cm³/mol. The number of rotatable bonds is 5. The third kappa shape index (κ3) is 3.40. The van der Waals surface area contributed by atoms with Gasteiger partial charge in [0, 0.05) is 6.04 Å². The van der Waals surface area contributed by atoms with Crippen molar-refractivity contribution in [3.05, 3.63) is 71.8 Å². The number of nitrogens with zero attached hydrogens (tertiary/aromatic N) is 1. The molecule has 1 saturated heterocycles. The van der Waals surface area contributed by atoms with Crippen molar-refractivity contribution in [2.24, 2.45) is 5.73 Å². The van der Waals surface area contributed by atoms with E-state index in [1.807, 2.05) is 0 Å². The van der Waals surface area contributed by atoms with E-state index in [0.717, 1.165) is 13.0 Å². The Morgan fingerprint density at radius 2 is 1.50 bits per heavy atom. The zero-order chi connectivity index (χ0) is 15.2. The highest BCUT2D eigenvalue weighted by molar-refractivity contribution is 5.32. The molecule has 0 bridgehead atoms. The second-order valence-corrected chi connectivity index (χ2v) is 6.19. The molecule has 22 heavy (non-hydrogen) atoms. The Labute approximate surface area is 134 Å². The molecular formula is C20H26N2. The third-order valence-electron chi connectivity index (χ3n) is 4.73. The Morgan fingerprint density at radius 3 is 2.05 bits per heavy atom. The van der Waals surface area contributed by atoms with Gasteiger partial charge in [0.05, 0.1) is 6.04 Å². The number of benzene rings is 2. The van der Waals surface area contributed by atoms with Crippen molar-refractivity contribution in [2.45, 2.75) is 37.8 Å². The van der Waals surface area contributed by atoms with Crippen molar-refractivity contribution in [3.63, 3.8) is 0 Å². The topological polar surface area (TPSA) is 29.3 Å². The first-order valence-electron chi connectivity index (χ1n) is 8.46. The summed E-state index contributed by atoms with van der Waals surface area (Å²) in [6.45, 7) is 1.94. The SMILES string of the molecule is NCCC1CCCCN1C(c1ccccc1)c1ccccc1. The zero-order valence-corrected chi connectivity index (χ0v) is 13.2. The van der Waals surface area contributed by atoms with Gasteiger partial charge in [-0.2, -0.15) is 0 Å². The molecule has 0 aromatic heterocycles. The van der Waals surface area contributed by atoms with Crippen molar-refractivity contribution in [3.8, 4) is 0 Å². The maximum Gasteiger partial charge on any atom is 0.0604 e. The van der Waals surface area contributed by atoms with Gasteiger partial charge in [0.15, 0.2) is 0 Å². The minimum atomic E-state index is 0.347. The summed E-state index contributed by atoms with van der Waals surface area (Å²) < 4.78 is 0. The molecule has 2 N–H and O–H groups in total. The minimum absolute atomic E-state index is 0.347. The van der Waals surface area contributed by atoms with Gasteiger partial charge in [0.25, 0.3) is 0 Å². The van der Waals surface area contributed by atoms with Gasteiger partial charge in [-0.1, -0.05) is 67.1 Å². The fraction of sp³-hybridized carbons (Fsp3) is 0.400. The van der Waals surface area contributed by atoms with Gasteiger partial charge in [-0.05, 0) is 43.5 Å². The van der Waals surface area contributed by atoms with E-state index in [0.29, 0.717) is 12.1 Å². The molecule has 1 heterocycles. The van der Waals surface area contributed by atoms with E-state index in [-0.39, 0.29) is 0 Å². The van der Waals surface area contributed by atoms with Crippen molar-refractivity contribution in [2.75, 3.05) is 13.1 Å². The fourth-order valence-corrected chi connectivity index (χ4v) is 3.71. The smallest absolute Gasteiger partial charge is 0.0604 e. The van der Waals surface area contributed by atoms with Crippen LogP contribution in [0.1, 0.15) is 42.9 Å². The lowest BCUT2D eigenvalue weighted by molar-refractivity contribution is 0.108. The van der Waals surface area contributed by atoms with Gasteiger partial charge in [0.1, 0.15) is 0 Å². The lowest BCUT2D eigenvalue weighted by atomic mass is 9.90. The molecule has 1 aliphatic heterocycles. The van der Waals surface area contributed by atoms with Crippen molar-refractivity contribution in [1.82, 2.24) is 4.90 Å². The van der Waals surface area contributed by atoms with E-state index in [4.69, 9.17) is 5.73 Å². The zero-order valence-electron chi connectivity index (χ0n) is 13.2. The molecule has 2 aromatic carbocycles. The Morgan fingerprint density at radius 1 is 0.909 bits per heavy atom. The molecule has 1 fully saturated rings. The summed E-state index contributed by atoms with van der Waals surface area (Å²) in [5.41, 5.74) is 8.65. The first-order valence-corrected chi connectivity index (χ1v) is 8.46. The first kappa shape index (κ1) is 15.3. The average Bonchev–Trinajstić information content (AvgIpc) is 2.59. The van der Waals surface area contributed by atoms with E-state index < -0.39 is 0 Å². The summed E-state index contributed by atoms with van der Waals surface area (Å²) in [4.78, 5) is 2.68. The monoisotopic (exact) mass is 294 g/mol. The minimum Gasteiger partial charge on any atom is -0.330 e. The Bertz CT molecular complexity index is 511. The molecule has 0 amide bonds. The van der Waals surface area contributed by atoms with Crippen molar-refractivity contribution in [1.29, 1.82) is 0 Å². The van der Waals surface area contributed by atoms with E-state index in [1.54, 1.807) is 0 Å². The highest BCUT2D eigenvalue weighted by atomic mass is 15.2. The van der Waals surface area contributed by atoms with Crippen molar-refractivity contribution < 1.29 is 0 Å². The normalized spacial score (nSPS) is 19.5. The number of nitrogens with two attached hydrogens (primary N) is 1. The van der Waals surface area contributed by atoms with E-state index in [9.17, 15) is 0 Å². The van der Waals surface area contributed by atoms with Gasteiger partial charge in [0.2, 0.25) is 0 Å². The molecule has 2 aromatic rings. The Hall–Kier alpha value is -1.64. The van der Waals surface area contributed by atoms with Crippen LogP contribution in [0.4, 0.5) is 0 Å². The van der Waals surface area contributed by atoms with Crippen LogP contribution in [-0.2, 0) is 0 Å². The lowest BCUT2D eigenvalue weighted by Gasteiger charge is -2.42. The molecular weight excluding hydrogens is 268 g/mol. The molecule has 1 atom stereocenters. The third-order valence-corrected chi connectivity index (χ3v) is 4.73. The quantitative estimate of drug-likeness (QED) is 0.904. The van der Waals surface area contributed by atoms with Crippen LogP contribution in [0.15, 0.2) is 60.7 Å². The molecule has 1 aliphatic rings. The maximum absolute atomic E-state index is 5.87. The van der Waals surface area contributed by atoms with Crippen LogP contribution < -0.4 is 5.73 Å². The molecule has 1 unspecified atom stereocenters. The summed E-state index contributed by atoms with van der Waals surface area (Å²) in [6, 6.07) is 22.7. The van der Waals surface area contributed by atoms with Gasteiger partial charge < -0.3 is 5.73 Å². The molecule has 2 heteroatoms. The molecule has 0 spiro atoms. The van der Waals surface area contributed by atoms with Crippen LogP contribution in [0.3, 0.4) is 0 Å². The van der Waals surface area contributed by atoms with Gasteiger partial charge in [-0.3, -0.25) is 4.90 Å². The predicted octanol–water partition coefficient (Wildman–Crippen LogP) is 3.98. The van der Waals surface area contributed by atoms with Crippen LogP contribution in [0.5, 0.6) is 0 Å². The highest BCUT2D eigenvalue weighted by Gasteiger charge is 2.30. The number of hydrogen-bond acceptors (Lipinski definition) is 2. The Kier molecular flexibility index (Phi) is 5.25. The fourth-order valence-electron chi connectivity index (χ4n) is 3.71. The number of likely N-dealkylation sites (tertiary alicyclic amines) is 1. The lowest BCUT2D eigenvalue weighted by Crippen LogP contribution is -2.43. The average molecular weight is 294 g/mol. The van der Waals surface area contributed by atoms with Gasteiger partial charge in [-0.25, -0.2) is 0 Å². The van der Waals surface area contributed by atoms with E-state index in [2.05, 4.69) is 65.6 Å². The van der Waals surface area contributed by atoms with Crippen LogP contribution in [0.25, 0.3) is 0 Å². The second kappa shape index (κ2) is 7.57. The summed E-state index contributed by atoms with van der Waals surface area (Å²) in [6.07, 6.45) is 4.98. The molecule has 116 valence electrons. The number of hydrogen-bond donors (Lipinski definition) is 1. The van der Waals surface area contributed by atoms with Crippen LogP contribution >= 0.6 is 0 Å². The maximum atomic E-state index is 5.87. The van der Waals surface area contributed by atoms with E-state index in [1.165, 1.54) is 36.9 Å². The van der Waals surface area contributed by atoms with Crippen LogP contribution in [0.2, 0.25) is 0 Å². The van der Waals surface area contributed by atoms with Gasteiger partial charge in [-0.15, -0.1) is 0 Å².